The third-order valence-corrected chi connectivity index (χ3v) is 4.66. The van der Waals surface area contributed by atoms with Gasteiger partial charge < -0.3 is 0 Å². The summed E-state index contributed by atoms with van der Waals surface area (Å²) >= 11 is 1.97. The predicted molar refractivity (Wildman–Crippen MR) is 75.4 cm³/mol. The van der Waals surface area contributed by atoms with Crippen LogP contribution in [0, 0.1) is 0 Å². The molecule has 1 aromatic carbocycles. The molecule has 1 heteroatoms. The van der Waals surface area contributed by atoms with Gasteiger partial charge in [0, 0.05) is 9.64 Å². The van der Waals surface area contributed by atoms with E-state index in [4.69, 9.17) is 0 Å². The highest BCUT2D eigenvalue weighted by Crippen LogP contribution is 2.35. The van der Waals surface area contributed by atoms with Crippen molar-refractivity contribution < 1.29 is 0 Å². The van der Waals surface area contributed by atoms with Crippen LogP contribution in [0.15, 0.2) is 29.2 Å². The largest absolute Gasteiger partial charge is 0.120 e. The van der Waals surface area contributed by atoms with Crippen molar-refractivity contribution in [3.8, 4) is 0 Å². The van der Waals surface area contributed by atoms with Crippen molar-refractivity contribution in [3.05, 3.63) is 29.8 Å². The first kappa shape index (κ1) is 13.6. The molecular weight excluding hydrogens is 212 g/mol. The van der Waals surface area contributed by atoms with Crippen molar-refractivity contribution in [2.75, 3.05) is 0 Å². The summed E-state index contributed by atoms with van der Waals surface area (Å²) in [6.07, 6.45) is 2.41. The molecule has 1 aromatic rings. The lowest BCUT2D eigenvalue weighted by atomic mass is 9.99. The average Bonchev–Trinajstić information content (AvgIpc) is 2.28. The van der Waals surface area contributed by atoms with Gasteiger partial charge in [0.05, 0.1) is 0 Å². The van der Waals surface area contributed by atoms with Crippen molar-refractivity contribution in [2.24, 2.45) is 0 Å². The van der Waals surface area contributed by atoms with Gasteiger partial charge in [0.2, 0.25) is 0 Å². The van der Waals surface area contributed by atoms with Crippen LogP contribution in [-0.2, 0) is 0 Å². The maximum atomic E-state index is 2.31. The summed E-state index contributed by atoms with van der Waals surface area (Å²) in [5.74, 6) is 0.679. The van der Waals surface area contributed by atoms with Gasteiger partial charge in [0.25, 0.3) is 0 Å². The zero-order valence-corrected chi connectivity index (χ0v) is 12.0. The smallest absolute Gasteiger partial charge is 0.0148 e. The van der Waals surface area contributed by atoms with Crippen molar-refractivity contribution in [2.45, 2.75) is 63.0 Å². The van der Waals surface area contributed by atoms with E-state index in [-0.39, 0.29) is 0 Å². The first-order valence-electron chi connectivity index (χ1n) is 6.27. The van der Waals surface area contributed by atoms with Crippen molar-refractivity contribution in [1.29, 1.82) is 0 Å². The summed E-state index contributed by atoms with van der Waals surface area (Å²) in [4.78, 5) is 1.39. The number of thioether (sulfide) groups is 1. The Morgan fingerprint density at radius 3 is 2.12 bits per heavy atom. The lowest BCUT2D eigenvalue weighted by Gasteiger charge is -2.22. The molecule has 0 saturated carbocycles. The number of hydrogen-bond donors (Lipinski definition) is 0. The molecule has 0 nitrogen and oxygen atoms in total. The standard InChI is InChI=1S/C15H24S/c1-6-12(3)13-8-10-14(11-9-13)16-15(4,5)7-2/h8-12H,6-7H2,1-5H3. The Morgan fingerprint density at radius 1 is 1.12 bits per heavy atom. The van der Waals surface area contributed by atoms with Crippen LogP contribution in [0.1, 0.15) is 58.9 Å². The maximum absolute atomic E-state index is 2.31. The topological polar surface area (TPSA) is 0 Å². The molecule has 0 saturated heterocycles. The van der Waals surface area contributed by atoms with Crippen LogP contribution in [0.5, 0.6) is 0 Å². The van der Waals surface area contributed by atoms with Crippen LogP contribution in [-0.4, -0.2) is 4.75 Å². The van der Waals surface area contributed by atoms with Gasteiger partial charge in [-0.05, 0) is 36.5 Å². The molecule has 0 aliphatic carbocycles. The van der Waals surface area contributed by atoms with Gasteiger partial charge in [0.15, 0.2) is 0 Å². The van der Waals surface area contributed by atoms with Gasteiger partial charge in [0.1, 0.15) is 0 Å². The number of benzene rings is 1. The molecule has 90 valence electrons. The van der Waals surface area contributed by atoms with Crippen LogP contribution < -0.4 is 0 Å². The summed E-state index contributed by atoms with van der Waals surface area (Å²) in [6, 6.07) is 9.09. The van der Waals surface area contributed by atoms with E-state index >= 15 is 0 Å². The fourth-order valence-corrected chi connectivity index (χ4v) is 2.55. The van der Waals surface area contributed by atoms with E-state index in [9.17, 15) is 0 Å². The molecule has 0 heterocycles. The SMILES string of the molecule is CCC(C)c1ccc(SC(C)(C)CC)cc1. The van der Waals surface area contributed by atoms with Crippen molar-refractivity contribution >= 4 is 11.8 Å². The fourth-order valence-electron chi connectivity index (χ4n) is 1.49. The molecule has 0 aliphatic rings. The summed E-state index contributed by atoms with van der Waals surface area (Å²) in [7, 11) is 0. The molecule has 0 N–H and O–H groups in total. The predicted octanol–water partition coefficient (Wildman–Crippen LogP) is 5.48. The van der Waals surface area contributed by atoms with E-state index < -0.39 is 0 Å². The van der Waals surface area contributed by atoms with Gasteiger partial charge in [-0.2, -0.15) is 0 Å². The molecule has 0 aromatic heterocycles. The van der Waals surface area contributed by atoms with E-state index in [0.29, 0.717) is 10.7 Å². The second-order valence-electron chi connectivity index (χ2n) is 5.09. The molecule has 16 heavy (non-hydrogen) atoms. The zero-order valence-electron chi connectivity index (χ0n) is 11.2. The summed E-state index contributed by atoms with van der Waals surface area (Å²) in [6.45, 7) is 11.4. The molecule has 0 aliphatic heterocycles. The highest BCUT2D eigenvalue weighted by molar-refractivity contribution is 8.00. The van der Waals surface area contributed by atoms with E-state index in [0.717, 1.165) is 0 Å². The van der Waals surface area contributed by atoms with E-state index in [1.807, 2.05) is 11.8 Å². The lowest BCUT2D eigenvalue weighted by Crippen LogP contribution is -2.11. The molecule has 0 fully saturated rings. The van der Waals surface area contributed by atoms with Gasteiger partial charge in [-0.3, -0.25) is 0 Å². The Balaban J connectivity index is 2.72. The second-order valence-corrected chi connectivity index (χ2v) is 6.87. The molecule has 1 rings (SSSR count). The van der Waals surface area contributed by atoms with Gasteiger partial charge in [-0.25, -0.2) is 0 Å². The third kappa shape index (κ3) is 3.86. The van der Waals surface area contributed by atoms with E-state index in [1.165, 1.54) is 23.3 Å². The minimum Gasteiger partial charge on any atom is -0.120 e. The number of rotatable bonds is 5. The Bertz CT molecular complexity index is 311. The third-order valence-electron chi connectivity index (χ3n) is 3.31. The van der Waals surface area contributed by atoms with Crippen LogP contribution in [0.25, 0.3) is 0 Å². The van der Waals surface area contributed by atoms with Crippen LogP contribution >= 0.6 is 11.8 Å². The molecular formula is C15H24S. The van der Waals surface area contributed by atoms with Gasteiger partial charge in [-0.15, -0.1) is 11.8 Å². The molecule has 0 radical (unpaired) electrons. The van der Waals surface area contributed by atoms with Crippen molar-refractivity contribution in [1.82, 2.24) is 0 Å². The Morgan fingerprint density at radius 2 is 1.69 bits per heavy atom. The van der Waals surface area contributed by atoms with Crippen LogP contribution in [0.2, 0.25) is 0 Å². The van der Waals surface area contributed by atoms with Gasteiger partial charge in [-0.1, -0.05) is 46.8 Å². The summed E-state index contributed by atoms with van der Waals surface area (Å²) in [5, 5.41) is 0. The molecule has 0 bridgehead atoms. The molecule has 1 unspecified atom stereocenters. The van der Waals surface area contributed by atoms with E-state index in [2.05, 4.69) is 58.9 Å². The van der Waals surface area contributed by atoms with E-state index in [1.54, 1.807) is 0 Å². The quantitative estimate of drug-likeness (QED) is 0.610. The Labute approximate surface area is 105 Å². The highest BCUT2D eigenvalue weighted by Gasteiger charge is 2.16. The Hall–Kier alpha value is -0.430. The monoisotopic (exact) mass is 236 g/mol. The van der Waals surface area contributed by atoms with Crippen LogP contribution in [0.3, 0.4) is 0 Å². The number of hydrogen-bond acceptors (Lipinski definition) is 1. The molecule has 0 amide bonds. The van der Waals surface area contributed by atoms with Crippen molar-refractivity contribution in [3.63, 3.8) is 0 Å². The average molecular weight is 236 g/mol. The van der Waals surface area contributed by atoms with Crippen LogP contribution in [0.4, 0.5) is 0 Å². The Kier molecular flexibility index (Phi) is 4.91. The normalized spacial score (nSPS) is 13.8. The minimum atomic E-state index is 0.345. The zero-order chi connectivity index (χ0) is 12.2. The first-order valence-corrected chi connectivity index (χ1v) is 7.09. The fraction of sp³-hybridized carbons (Fsp3) is 0.600. The highest BCUT2D eigenvalue weighted by atomic mass is 32.2. The summed E-state index contributed by atoms with van der Waals surface area (Å²) in [5.41, 5.74) is 1.46. The molecule has 1 atom stereocenters. The van der Waals surface area contributed by atoms with Gasteiger partial charge >= 0.3 is 0 Å². The molecule has 0 spiro atoms. The minimum absolute atomic E-state index is 0.345. The summed E-state index contributed by atoms with van der Waals surface area (Å²) < 4.78 is 0.345. The maximum Gasteiger partial charge on any atom is 0.0148 e. The first-order chi connectivity index (χ1) is 7.48. The second kappa shape index (κ2) is 5.77. The lowest BCUT2D eigenvalue weighted by molar-refractivity contribution is 0.684.